The average molecular weight is 511 g/mol. The number of carbonyl (C=O) groups excluding carboxylic acids is 1. The fourth-order valence-electron chi connectivity index (χ4n) is 2.62. The van der Waals surface area contributed by atoms with Crippen LogP contribution in [0.5, 0.6) is 23.0 Å². The van der Waals surface area contributed by atoms with E-state index in [1.54, 1.807) is 18.3 Å². The third-order valence-corrected chi connectivity index (χ3v) is 4.65. The number of benzene rings is 2. The smallest absolute Gasteiger partial charge is 0.259 e. The van der Waals surface area contributed by atoms with E-state index in [0.29, 0.717) is 36.2 Å². The summed E-state index contributed by atoms with van der Waals surface area (Å²) >= 11 is 2.19. The molecule has 154 valence electrons. The zero-order chi connectivity index (χ0) is 20.6. The van der Waals surface area contributed by atoms with E-state index in [9.17, 15) is 4.79 Å². The number of amides is 1. The molecule has 0 atom stereocenters. The largest absolute Gasteiger partial charge is 0.490 e. The van der Waals surface area contributed by atoms with Crippen LogP contribution in [-0.4, -0.2) is 38.7 Å². The number of rotatable bonds is 9. The number of nitrogens with one attached hydrogen (secondary N) is 2. The third kappa shape index (κ3) is 5.66. The second kappa shape index (κ2) is 10.2. The van der Waals surface area contributed by atoms with Crippen LogP contribution in [0.15, 0.2) is 35.4 Å². The van der Waals surface area contributed by atoms with E-state index in [2.05, 4.69) is 38.4 Å². The average Bonchev–Trinajstić information content (AvgIpc) is 3.17. The van der Waals surface area contributed by atoms with Gasteiger partial charge in [-0.25, -0.2) is 5.43 Å². The third-order valence-electron chi connectivity index (χ3n) is 3.85. The van der Waals surface area contributed by atoms with E-state index in [1.165, 1.54) is 0 Å². The Kier molecular flexibility index (Phi) is 7.39. The SMILES string of the molecule is CCOc1cc(/C=N\NC(=O)CNc2ccc3c(c2)OCO3)cc(I)c1OCC. The van der Waals surface area contributed by atoms with Crippen molar-refractivity contribution in [2.75, 3.05) is 31.9 Å². The highest BCUT2D eigenvalue weighted by atomic mass is 127. The predicted octanol–water partition coefficient (Wildman–Crippen LogP) is 3.38. The number of carbonyl (C=O) groups is 1. The minimum atomic E-state index is -0.274. The minimum Gasteiger partial charge on any atom is -0.490 e. The van der Waals surface area contributed by atoms with Gasteiger partial charge in [-0.3, -0.25) is 4.79 Å². The van der Waals surface area contributed by atoms with Gasteiger partial charge in [0.1, 0.15) is 0 Å². The zero-order valence-electron chi connectivity index (χ0n) is 16.2. The van der Waals surface area contributed by atoms with Crippen LogP contribution in [0.1, 0.15) is 19.4 Å². The molecular weight excluding hydrogens is 489 g/mol. The minimum absolute atomic E-state index is 0.0714. The first-order valence-electron chi connectivity index (χ1n) is 9.15. The van der Waals surface area contributed by atoms with Crippen molar-refractivity contribution in [3.05, 3.63) is 39.5 Å². The molecule has 0 radical (unpaired) electrons. The van der Waals surface area contributed by atoms with Gasteiger partial charge in [0.25, 0.3) is 5.91 Å². The van der Waals surface area contributed by atoms with Crippen LogP contribution in [0, 0.1) is 3.57 Å². The second-order valence-corrected chi connectivity index (χ2v) is 7.07. The van der Waals surface area contributed by atoms with Gasteiger partial charge in [0.15, 0.2) is 23.0 Å². The topological polar surface area (TPSA) is 90.4 Å². The predicted molar refractivity (Wildman–Crippen MR) is 118 cm³/mol. The molecule has 0 aromatic heterocycles. The molecule has 1 amide bonds. The van der Waals surface area contributed by atoms with E-state index in [-0.39, 0.29) is 19.2 Å². The van der Waals surface area contributed by atoms with Crippen molar-refractivity contribution in [2.24, 2.45) is 5.10 Å². The van der Waals surface area contributed by atoms with Crippen LogP contribution < -0.4 is 29.7 Å². The maximum atomic E-state index is 12.0. The van der Waals surface area contributed by atoms with Crippen molar-refractivity contribution < 1.29 is 23.7 Å². The van der Waals surface area contributed by atoms with Crippen LogP contribution in [0.3, 0.4) is 0 Å². The van der Waals surface area contributed by atoms with Crippen molar-refractivity contribution in [1.29, 1.82) is 0 Å². The summed E-state index contributed by atoms with van der Waals surface area (Å²) in [7, 11) is 0. The molecule has 2 aromatic rings. The quantitative estimate of drug-likeness (QED) is 0.305. The summed E-state index contributed by atoms with van der Waals surface area (Å²) in [5.41, 5.74) is 4.06. The summed E-state index contributed by atoms with van der Waals surface area (Å²) in [6, 6.07) is 9.15. The Morgan fingerprint density at radius 3 is 2.76 bits per heavy atom. The van der Waals surface area contributed by atoms with Gasteiger partial charge in [-0.15, -0.1) is 0 Å². The van der Waals surface area contributed by atoms with Crippen molar-refractivity contribution >= 4 is 40.4 Å². The molecule has 0 saturated heterocycles. The first-order valence-corrected chi connectivity index (χ1v) is 10.2. The molecule has 0 bridgehead atoms. The lowest BCUT2D eigenvalue weighted by Gasteiger charge is -2.13. The van der Waals surface area contributed by atoms with Crippen LogP contribution >= 0.6 is 22.6 Å². The molecule has 1 aliphatic rings. The molecule has 1 aliphatic heterocycles. The van der Waals surface area contributed by atoms with Crippen LogP contribution in [0.2, 0.25) is 0 Å². The summed E-state index contributed by atoms with van der Waals surface area (Å²) in [5, 5.41) is 7.04. The lowest BCUT2D eigenvalue weighted by Crippen LogP contribution is -2.25. The van der Waals surface area contributed by atoms with Gasteiger partial charge in [0.05, 0.1) is 29.5 Å². The zero-order valence-corrected chi connectivity index (χ0v) is 18.3. The maximum Gasteiger partial charge on any atom is 0.259 e. The number of anilines is 1. The van der Waals surface area contributed by atoms with Crippen LogP contribution in [0.25, 0.3) is 0 Å². The first kappa shape index (κ1) is 21.0. The van der Waals surface area contributed by atoms with E-state index in [4.69, 9.17) is 18.9 Å². The summed E-state index contributed by atoms with van der Waals surface area (Å²) in [4.78, 5) is 12.0. The Bertz CT molecular complexity index is 904. The number of nitrogens with zero attached hydrogens (tertiary/aromatic N) is 1. The first-order chi connectivity index (χ1) is 14.1. The second-order valence-electron chi connectivity index (χ2n) is 5.91. The molecule has 8 nitrogen and oxygen atoms in total. The number of hydrogen-bond acceptors (Lipinski definition) is 7. The highest BCUT2D eigenvalue weighted by Gasteiger charge is 2.13. The molecule has 0 aliphatic carbocycles. The molecule has 3 rings (SSSR count). The van der Waals surface area contributed by atoms with Crippen LogP contribution in [-0.2, 0) is 4.79 Å². The van der Waals surface area contributed by atoms with Gasteiger partial charge in [-0.05, 0) is 66.3 Å². The Labute approximate surface area is 182 Å². The fraction of sp³-hybridized carbons (Fsp3) is 0.300. The molecule has 0 fully saturated rings. The van der Waals surface area contributed by atoms with E-state index in [0.717, 1.165) is 14.8 Å². The molecule has 9 heteroatoms. The number of fused-ring (bicyclic) bond motifs is 1. The van der Waals surface area contributed by atoms with Gasteiger partial charge in [0.2, 0.25) is 6.79 Å². The molecule has 2 aromatic carbocycles. The number of hydrazone groups is 1. The maximum absolute atomic E-state index is 12.0. The normalized spacial score (nSPS) is 12.1. The van der Waals surface area contributed by atoms with Crippen molar-refractivity contribution in [3.63, 3.8) is 0 Å². The molecule has 1 heterocycles. The summed E-state index contributed by atoms with van der Waals surface area (Å²) in [6.45, 7) is 5.20. The Hall–Kier alpha value is -2.69. The van der Waals surface area contributed by atoms with Crippen LogP contribution in [0.4, 0.5) is 5.69 Å². The van der Waals surface area contributed by atoms with E-state index in [1.807, 2.05) is 32.0 Å². The fourth-order valence-corrected chi connectivity index (χ4v) is 3.40. The summed E-state index contributed by atoms with van der Waals surface area (Å²) < 4.78 is 22.8. The number of halogens is 1. The Morgan fingerprint density at radius 2 is 1.97 bits per heavy atom. The lowest BCUT2D eigenvalue weighted by molar-refractivity contribution is -0.119. The molecule has 2 N–H and O–H groups in total. The van der Waals surface area contributed by atoms with Gasteiger partial charge in [-0.1, -0.05) is 0 Å². The van der Waals surface area contributed by atoms with Gasteiger partial charge < -0.3 is 24.3 Å². The molecule has 0 spiro atoms. The van der Waals surface area contributed by atoms with Crippen molar-refractivity contribution in [1.82, 2.24) is 5.43 Å². The van der Waals surface area contributed by atoms with E-state index < -0.39 is 0 Å². The highest BCUT2D eigenvalue weighted by Crippen LogP contribution is 2.34. The Balaban J connectivity index is 1.55. The summed E-state index contributed by atoms with van der Waals surface area (Å²) in [6.07, 6.45) is 1.57. The molecular formula is C20H22IN3O5. The van der Waals surface area contributed by atoms with E-state index >= 15 is 0 Å². The van der Waals surface area contributed by atoms with Gasteiger partial charge in [-0.2, -0.15) is 5.10 Å². The standard InChI is InChI=1S/C20H22IN3O5/c1-3-26-18-8-13(7-15(21)20(18)27-4-2)10-23-24-19(25)11-22-14-5-6-16-17(9-14)29-12-28-16/h5-10,22H,3-4,11-12H2,1-2H3,(H,24,25)/b23-10-. The molecule has 29 heavy (non-hydrogen) atoms. The Morgan fingerprint density at radius 1 is 1.17 bits per heavy atom. The summed E-state index contributed by atoms with van der Waals surface area (Å²) in [5.74, 6) is 2.44. The molecule has 0 saturated carbocycles. The van der Waals surface area contributed by atoms with Crippen molar-refractivity contribution in [3.8, 4) is 23.0 Å². The number of hydrogen-bond donors (Lipinski definition) is 2. The lowest BCUT2D eigenvalue weighted by atomic mass is 10.2. The monoisotopic (exact) mass is 511 g/mol. The number of ether oxygens (including phenoxy) is 4. The molecule has 0 unspecified atom stereocenters. The van der Waals surface area contributed by atoms with Gasteiger partial charge in [0, 0.05) is 11.8 Å². The van der Waals surface area contributed by atoms with Gasteiger partial charge >= 0.3 is 0 Å². The van der Waals surface area contributed by atoms with Crippen molar-refractivity contribution in [2.45, 2.75) is 13.8 Å². The highest BCUT2D eigenvalue weighted by molar-refractivity contribution is 14.1.